The second-order valence-electron chi connectivity index (χ2n) is 1.50. The zero-order valence-corrected chi connectivity index (χ0v) is 4.56. The molecule has 0 saturated heterocycles. The third kappa shape index (κ3) is 1.03. The van der Waals surface area contributed by atoms with Crippen molar-refractivity contribution in [1.82, 2.24) is 0 Å². The zero-order valence-electron chi connectivity index (χ0n) is 4.56. The maximum Gasteiger partial charge on any atom is 0.317 e. The van der Waals surface area contributed by atoms with E-state index in [9.17, 15) is 4.39 Å². The molecule has 0 unspecified atom stereocenters. The van der Waals surface area contributed by atoms with Crippen LogP contribution in [0.25, 0.3) is 0 Å². The molecule has 0 aliphatic rings. The summed E-state index contributed by atoms with van der Waals surface area (Å²) in [6, 6.07) is 4.39. The molecule has 0 saturated carbocycles. The number of nitrogens with zero attached hydrogens (tertiary/aromatic N) is 1. The predicted octanol–water partition coefficient (Wildman–Crippen LogP) is 0.511. The number of halogens is 1. The molecular formula is C6H4FN2+. The third-order valence-corrected chi connectivity index (χ3v) is 0.917. The van der Waals surface area contributed by atoms with Gasteiger partial charge in [0, 0.05) is 6.07 Å². The lowest BCUT2D eigenvalue weighted by Crippen LogP contribution is -2.08. The van der Waals surface area contributed by atoms with E-state index in [0.717, 1.165) is 0 Å². The Balaban J connectivity index is 3.20. The Labute approximate surface area is 51.6 Å². The Bertz CT molecular complexity index is 251. The quantitative estimate of drug-likeness (QED) is 0.495. The summed E-state index contributed by atoms with van der Waals surface area (Å²) in [5, 5.41) is 8.20. The highest BCUT2D eigenvalue weighted by atomic mass is 19.1. The van der Waals surface area contributed by atoms with Crippen LogP contribution in [-0.2, 0) is 0 Å². The minimum atomic E-state index is -0.514. The van der Waals surface area contributed by atoms with Crippen LogP contribution < -0.4 is 4.98 Å². The number of hydrogen-bond donors (Lipinski definition) is 0. The van der Waals surface area contributed by atoms with Gasteiger partial charge in [-0.2, -0.15) is 14.6 Å². The van der Waals surface area contributed by atoms with Crippen molar-refractivity contribution < 1.29 is 9.37 Å². The molecule has 0 amide bonds. The Morgan fingerprint density at radius 1 is 1.67 bits per heavy atom. The minimum absolute atomic E-state index is 0.0301. The summed E-state index contributed by atoms with van der Waals surface area (Å²) in [5.41, 5.74) is -0.0301. The molecule has 0 radical (unpaired) electrons. The Hall–Kier alpha value is -1.43. The van der Waals surface area contributed by atoms with E-state index in [1.165, 1.54) is 18.3 Å². The molecule has 1 aromatic heterocycles. The largest absolute Gasteiger partial charge is 0.317 e. The van der Waals surface area contributed by atoms with E-state index in [2.05, 4.69) is 4.98 Å². The van der Waals surface area contributed by atoms with Gasteiger partial charge in [0.2, 0.25) is 5.82 Å². The lowest BCUT2D eigenvalue weighted by atomic mass is 10.4. The number of nitrogens with one attached hydrogen (secondary N) is 1. The fourth-order valence-corrected chi connectivity index (χ4v) is 0.502. The molecule has 2 nitrogen and oxygen atoms in total. The van der Waals surface area contributed by atoms with Crippen LogP contribution in [-0.4, -0.2) is 0 Å². The maximum absolute atomic E-state index is 12.3. The van der Waals surface area contributed by atoms with Crippen molar-refractivity contribution in [2.45, 2.75) is 0 Å². The summed E-state index contributed by atoms with van der Waals surface area (Å²) in [7, 11) is 0. The van der Waals surface area contributed by atoms with E-state index in [4.69, 9.17) is 5.26 Å². The lowest BCUT2D eigenvalue weighted by Gasteiger charge is -1.79. The molecule has 0 atom stereocenters. The van der Waals surface area contributed by atoms with Crippen molar-refractivity contribution >= 4 is 0 Å². The van der Waals surface area contributed by atoms with Crippen LogP contribution in [0.15, 0.2) is 18.3 Å². The van der Waals surface area contributed by atoms with E-state index < -0.39 is 5.82 Å². The van der Waals surface area contributed by atoms with Gasteiger partial charge in [0.15, 0.2) is 12.3 Å². The topological polar surface area (TPSA) is 37.9 Å². The lowest BCUT2D eigenvalue weighted by molar-refractivity contribution is -0.384. The van der Waals surface area contributed by atoms with Crippen LogP contribution in [0.2, 0.25) is 0 Å². The van der Waals surface area contributed by atoms with E-state index in [-0.39, 0.29) is 5.69 Å². The molecule has 0 aromatic carbocycles. The van der Waals surface area contributed by atoms with Crippen molar-refractivity contribution in [3.63, 3.8) is 0 Å². The van der Waals surface area contributed by atoms with Gasteiger partial charge < -0.3 is 0 Å². The molecule has 0 aliphatic carbocycles. The van der Waals surface area contributed by atoms with Crippen molar-refractivity contribution in [3.05, 3.63) is 29.8 Å². The van der Waals surface area contributed by atoms with Gasteiger partial charge in [-0.15, -0.1) is 0 Å². The summed E-state index contributed by atoms with van der Waals surface area (Å²) in [4.78, 5) is 2.45. The Morgan fingerprint density at radius 3 is 2.89 bits per heavy atom. The molecule has 1 heterocycles. The van der Waals surface area contributed by atoms with E-state index in [1.807, 2.05) is 0 Å². The van der Waals surface area contributed by atoms with Crippen molar-refractivity contribution in [2.75, 3.05) is 0 Å². The average Bonchev–Trinajstić information content (AvgIpc) is 1.89. The van der Waals surface area contributed by atoms with Gasteiger partial charge in [0.1, 0.15) is 0 Å². The summed E-state index contributed by atoms with van der Waals surface area (Å²) >= 11 is 0. The van der Waals surface area contributed by atoms with Gasteiger partial charge in [-0.25, -0.2) is 0 Å². The highest BCUT2D eigenvalue weighted by Crippen LogP contribution is 1.94. The monoisotopic (exact) mass is 123 g/mol. The minimum Gasteiger partial charge on any atom is -0.200 e. The molecule has 44 valence electrons. The first-order valence-electron chi connectivity index (χ1n) is 2.41. The zero-order chi connectivity index (χ0) is 6.69. The van der Waals surface area contributed by atoms with Gasteiger partial charge >= 0.3 is 5.69 Å². The Morgan fingerprint density at radius 2 is 2.44 bits per heavy atom. The van der Waals surface area contributed by atoms with Gasteiger partial charge in [-0.1, -0.05) is 0 Å². The second kappa shape index (κ2) is 2.23. The first kappa shape index (κ1) is 5.70. The molecule has 1 rings (SSSR count). The third-order valence-electron chi connectivity index (χ3n) is 0.917. The average molecular weight is 123 g/mol. The van der Waals surface area contributed by atoms with Gasteiger partial charge in [-0.05, 0) is 6.07 Å². The van der Waals surface area contributed by atoms with Crippen LogP contribution >= 0.6 is 0 Å². The molecule has 0 fully saturated rings. The fourth-order valence-electron chi connectivity index (χ4n) is 0.502. The molecule has 1 aromatic rings. The number of pyridine rings is 1. The van der Waals surface area contributed by atoms with Crippen LogP contribution in [0.5, 0.6) is 0 Å². The first-order chi connectivity index (χ1) is 4.34. The Kier molecular flexibility index (Phi) is 1.41. The highest BCUT2D eigenvalue weighted by Gasteiger charge is 2.04. The van der Waals surface area contributed by atoms with Crippen LogP contribution in [0.1, 0.15) is 5.69 Å². The summed E-state index contributed by atoms with van der Waals surface area (Å²) in [5.74, 6) is -0.514. The smallest absolute Gasteiger partial charge is 0.200 e. The molecule has 9 heavy (non-hydrogen) atoms. The van der Waals surface area contributed by atoms with Crippen LogP contribution in [0, 0.1) is 17.1 Å². The maximum atomic E-state index is 12.3. The SMILES string of the molecule is N#Cc1[nH+]cccc1F. The van der Waals surface area contributed by atoms with E-state index in [0.29, 0.717) is 0 Å². The molecule has 0 bridgehead atoms. The van der Waals surface area contributed by atoms with Crippen molar-refractivity contribution in [3.8, 4) is 6.07 Å². The van der Waals surface area contributed by atoms with Gasteiger partial charge in [0.05, 0.1) is 0 Å². The number of nitriles is 1. The van der Waals surface area contributed by atoms with Crippen molar-refractivity contribution in [2.24, 2.45) is 0 Å². The number of H-pyrrole nitrogens is 1. The summed E-state index contributed by atoms with van der Waals surface area (Å²) in [6.45, 7) is 0. The van der Waals surface area contributed by atoms with E-state index in [1.54, 1.807) is 6.07 Å². The number of hydrogen-bond acceptors (Lipinski definition) is 1. The standard InChI is InChI=1S/C6H3FN2/c7-5-2-1-3-9-6(5)4-8/h1-3H/p+1. The number of rotatable bonds is 0. The fraction of sp³-hybridized carbons (Fsp3) is 0. The van der Waals surface area contributed by atoms with Gasteiger partial charge in [-0.3, -0.25) is 0 Å². The number of aromatic nitrogens is 1. The molecular weight excluding hydrogens is 119 g/mol. The molecule has 0 aliphatic heterocycles. The molecule has 3 heteroatoms. The van der Waals surface area contributed by atoms with Crippen LogP contribution in [0.3, 0.4) is 0 Å². The number of aromatic amines is 1. The molecule has 0 spiro atoms. The van der Waals surface area contributed by atoms with Gasteiger partial charge in [0.25, 0.3) is 0 Å². The van der Waals surface area contributed by atoms with Crippen molar-refractivity contribution in [1.29, 1.82) is 5.26 Å². The normalized spacial score (nSPS) is 8.44. The summed E-state index contributed by atoms with van der Waals surface area (Å²) < 4.78 is 12.3. The summed E-state index contributed by atoms with van der Waals surface area (Å²) in [6.07, 6.45) is 1.50. The van der Waals surface area contributed by atoms with Crippen LogP contribution in [0.4, 0.5) is 4.39 Å². The first-order valence-corrected chi connectivity index (χ1v) is 2.41. The molecule has 1 N–H and O–H groups in total. The predicted molar refractivity (Wildman–Crippen MR) is 27.7 cm³/mol. The highest BCUT2D eigenvalue weighted by molar-refractivity contribution is 5.15. The van der Waals surface area contributed by atoms with E-state index >= 15 is 0 Å². The second-order valence-corrected chi connectivity index (χ2v) is 1.50.